The molecule has 6 heteroatoms. The molecule has 164 valence electrons. The standard InChI is InChI=1S/C22H34N2O4.CH4/c1-17(25)8-4-3-5-9-21(26)23-20(16-24-14-6-7-15-24)22(27)18-10-12-19(28-2)13-11-18;/h10-13,20,22,27H,3-9,14-16H2,1-2H3,(H,23,26);1H4/t20-,22-;/m1./s1. The fourth-order valence-corrected chi connectivity index (χ4v) is 3.62. The summed E-state index contributed by atoms with van der Waals surface area (Å²) in [6.07, 6.45) is 5.00. The molecular weight excluding hydrogens is 368 g/mol. The fourth-order valence-electron chi connectivity index (χ4n) is 3.62. The predicted molar refractivity (Wildman–Crippen MR) is 116 cm³/mol. The van der Waals surface area contributed by atoms with Crippen molar-refractivity contribution >= 4 is 11.7 Å². The number of ketones is 1. The van der Waals surface area contributed by atoms with E-state index in [-0.39, 0.29) is 25.2 Å². The molecule has 2 N–H and O–H groups in total. The quantitative estimate of drug-likeness (QED) is 0.520. The van der Waals surface area contributed by atoms with Crippen LogP contribution in [0.25, 0.3) is 0 Å². The zero-order chi connectivity index (χ0) is 20.4. The summed E-state index contributed by atoms with van der Waals surface area (Å²) in [4.78, 5) is 25.7. The molecule has 1 fully saturated rings. The maximum Gasteiger partial charge on any atom is 0.220 e. The van der Waals surface area contributed by atoms with E-state index >= 15 is 0 Å². The van der Waals surface area contributed by atoms with Crippen molar-refractivity contribution < 1.29 is 19.4 Å². The minimum atomic E-state index is -0.770. The summed E-state index contributed by atoms with van der Waals surface area (Å²) >= 11 is 0. The van der Waals surface area contributed by atoms with Gasteiger partial charge >= 0.3 is 0 Å². The van der Waals surface area contributed by atoms with Crippen LogP contribution in [0, 0.1) is 0 Å². The molecule has 6 nitrogen and oxygen atoms in total. The van der Waals surface area contributed by atoms with Gasteiger partial charge in [0.1, 0.15) is 17.6 Å². The lowest BCUT2D eigenvalue weighted by molar-refractivity contribution is -0.123. The van der Waals surface area contributed by atoms with Gasteiger partial charge < -0.3 is 24.9 Å². The second-order valence-electron chi connectivity index (χ2n) is 7.66. The number of carbonyl (C=O) groups excluding carboxylic acids is 2. The molecule has 0 aliphatic carbocycles. The number of benzene rings is 1. The van der Waals surface area contributed by atoms with E-state index in [1.165, 1.54) is 0 Å². The molecule has 1 heterocycles. The zero-order valence-corrected chi connectivity index (χ0v) is 17.2. The average Bonchev–Trinajstić information content (AvgIpc) is 3.19. The number of ether oxygens (including phenoxy) is 1. The molecule has 0 saturated carbocycles. The highest BCUT2D eigenvalue weighted by atomic mass is 16.5. The van der Waals surface area contributed by atoms with E-state index in [2.05, 4.69) is 10.2 Å². The van der Waals surface area contributed by atoms with Crippen LogP contribution in [0.15, 0.2) is 24.3 Å². The van der Waals surface area contributed by atoms with Crippen LogP contribution >= 0.6 is 0 Å². The molecule has 1 amide bonds. The first-order valence-corrected chi connectivity index (χ1v) is 10.3. The lowest BCUT2D eigenvalue weighted by atomic mass is 10.0. The third-order valence-corrected chi connectivity index (χ3v) is 5.27. The summed E-state index contributed by atoms with van der Waals surface area (Å²) in [5.41, 5.74) is 0.770. The van der Waals surface area contributed by atoms with Crippen molar-refractivity contribution in [1.29, 1.82) is 0 Å². The van der Waals surface area contributed by atoms with Gasteiger partial charge in [-0.2, -0.15) is 0 Å². The molecule has 0 bridgehead atoms. The van der Waals surface area contributed by atoms with Gasteiger partial charge in [-0.1, -0.05) is 26.0 Å². The Hall–Kier alpha value is -1.92. The Morgan fingerprint density at radius 2 is 1.72 bits per heavy atom. The number of aliphatic hydroxyl groups excluding tert-OH is 1. The van der Waals surface area contributed by atoms with Crippen LogP contribution in [-0.4, -0.2) is 54.5 Å². The number of nitrogens with zero attached hydrogens (tertiary/aromatic N) is 1. The molecule has 1 saturated heterocycles. The van der Waals surface area contributed by atoms with Crippen LogP contribution in [-0.2, 0) is 9.59 Å². The topological polar surface area (TPSA) is 78.9 Å². The lowest BCUT2D eigenvalue weighted by Crippen LogP contribution is -2.46. The summed E-state index contributed by atoms with van der Waals surface area (Å²) in [5.74, 6) is 0.888. The number of Topliss-reactive ketones (excluding diaryl/α,β-unsaturated/α-hetero) is 1. The SMILES string of the molecule is C.COc1ccc([C@@H](O)[C@@H](CN2CCCC2)NC(=O)CCCCCC(C)=O)cc1. The van der Waals surface area contributed by atoms with E-state index in [1.54, 1.807) is 14.0 Å². The van der Waals surface area contributed by atoms with Crippen molar-refractivity contribution in [3.8, 4) is 5.75 Å². The van der Waals surface area contributed by atoms with E-state index in [1.807, 2.05) is 24.3 Å². The molecule has 29 heavy (non-hydrogen) atoms. The number of aliphatic hydroxyl groups is 1. The molecule has 1 aliphatic heterocycles. The molecule has 2 rings (SSSR count). The maximum absolute atomic E-state index is 12.4. The van der Waals surface area contributed by atoms with Crippen LogP contribution in [0.5, 0.6) is 5.75 Å². The highest BCUT2D eigenvalue weighted by Gasteiger charge is 2.26. The second kappa shape index (κ2) is 13.3. The smallest absolute Gasteiger partial charge is 0.220 e. The monoisotopic (exact) mass is 406 g/mol. The molecular formula is C23H38N2O4. The molecule has 1 aliphatic rings. The summed E-state index contributed by atoms with van der Waals surface area (Å²) in [6, 6.07) is 6.98. The minimum Gasteiger partial charge on any atom is -0.497 e. The summed E-state index contributed by atoms with van der Waals surface area (Å²) in [7, 11) is 1.61. The third kappa shape index (κ3) is 8.96. The highest BCUT2D eigenvalue weighted by Crippen LogP contribution is 2.22. The molecule has 1 aromatic carbocycles. The van der Waals surface area contributed by atoms with Crippen LogP contribution in [0.4, 0.5) is 0 Å². The number of nitrogens with one attached hydrogen (secondary N) is 1. The van der Waals surface area contributed by atoms with Crippen LogP contribution in [0.2, 0.25) is 0 Å². The fraction of sp³-hybridized carbons (Fsp3) is 0.652. The van der Waals surface area contributed by atoms with Gasteiger partial charge in [0.2, 0.25) is 5.91 Å². The van der Waals surface area contributed by atoms with Crippen molar-refractivity contribution in [3.05, 3.63) is 29.8 Å². The van der Waals surface area contributed by atoms with Gasteiger partial charge in [-0.3, -0.25) is 4.79 Å². The van der Waals surface area contributed by atoms with Gasteiger partial charge in [0.25, 0.3) is 0 Å². The Kier molecular flexibility index (Phi) is 11.5. The second-order valence-corrected chi connectivity index (χ2v) is 7.66. The Balaban J connectivity index is 0.00000420. The Bertz CT molecular complexity index is 612. The number of rotatable bonds is 12. The van der Waals surface area contributed by atoms with Gasteiger partial charge in [-0.05, 0) is 63.4 Å². The number of unbranched alkanes of at least 4 members (excludes halogenated alkanes) is 2. The predicted octanol–water partition coefficient (Wildman–Crippen LogP) is 3.48. The third-order valence-electron chi connectivity index (χ3n) is 5.27. The first kappa shape index (κ1) is 25.1. The van der Waals surface area contributed by atoms with Crippen LogP contribution in [0.3, 0.4) is 0 Å². The Morgan fingerprint density at radius 3 is 2.31 bits per heavy atom. The molecule has 0 radical (unpaired) electrons. The number of likely N-dealkylation sites (tertiary alicyclic amines) is 1. The van der Waals surface area contributed by atoms with Gasteiger partial charge in [0, 0.05) is 19.4 Å². The summed E-state index contributed by atoms with van der Waals surface area (Å²) in [5, 5.41) is 13.9. The highest BCUT2D eigenvalue weighted by molar-refractivity contribution is 5.76. The molecule has 0 spiro atoms. The first-order valence-electron chi connectivity index (χ1n) is 10.3. The number of amides is 1. The largest absolute Gasteiger partial charge is 0.497 e. The Labute approximate surface area is 175 Å². The van der Waals surface area contributed by atoms with Crippen LogP contribution in [0.1, 0.15) is 71.0 Å². The van der Waals surface area contributed by atoms with E-state index in [9.17, 15) is 14.7 Å². The number of carbonyl (C=O) groups is 2. The number of hydrogen-bond acceptors (Lipinski definition) is 5. The molecule has 0 unspecified atom stereocenters. The molecule has 0 aromatic heterocycles. The van der Waals surface area contributed by atoms with Crippen molar-refractivity contribution in [2.24, 2.45) is 0 Å². The van der Waals surface area contributed by atoms with Crippen molar-refractivity contribution in [2.45, 2.75) is 71.4 Å². The van der Waals surface area contributed by atoms with E-state index in [4.69, 9.17) is 4.74 Å². The lowest BCUT2D eigenvalue weighted by Gasteiger charge is -2.29. The minimum absolute atomic E-state index is 0. The van der Waals surface area contributed by atoms with E-state index < -0.39 is 6.10 Å². The van der Waals surface area contributed by atoms with Crippen molar-refractivity contribution in [3.63, 3.8) is 0 Å². The van der Waals surface area contributed by atoms with Gasteiger partial charge in [-0.15, -0.1) is 0 Å². The van der Waals surface area contributed by atoms with E-state index in [0.29, 0.717) is 19.4 Å². The van der Waals surface area contributed by atoms with Crippen molar-refractivity contribution in [2.75, 3.05) is 26.7 Å². The normalized spacial score (nSPS) is 16.0. The van der Waals surface area contributed by atoms with Crippen molar-refractivity contribution in [1.82, 2.24) is 10.2 Å². The van der Waals surface area contributed by atoms with Crippen LogP contribution < -0.4 is 10.1 Å². The number of methoxy groups -OCH3 is 1. The summed E-state index contributed by atoms with van der Waals surface area (Å²) < 4.78 is 5.18. The average molecular weight is 407 g/mol. The molecule has 1 aromatic rings. The summed E-state index contributed by atoms with van der Waals surface area (Å²) in [6.45, 7) is 4.25. The van der Waals surface area contributed by atoms with Gasteiger partial charge in [0.05, 0.1) is 13.2 Å². The van der Waals surface area contributed by atoms with E-state index in [0.717, 1.165) is 56.5 Å². The van der Waals surface area contributed by atoms with Gasteiger partial charge in [-0.25, -0.2) is 0 Å². The number of hydrogen-bond donors (Lipinski definition) is 2. The maximum atomic E-state index is 12.4. The molecule has 2 atom stereocenters. The Morgan fingerprint density at radius 1 is 1.10 bits per heavy atom. The van der Waals surface area contributed by atoms with Gasteiger partial charge in [0.15, 0.2) is 0 Å². The zero-order valence-electron chi connectivity index (χ0n) is 17.2. The first-order chi connectivity index (χ1) is 13.5.